The maximum Gasteiger partial charge on any atom is 0.217 e. The van der Waals surface area contributed by atoms with Crippen LogP contribution in [-0.4, -0.2) is 398 Å². The zero-order valence-electron chi connectivity index (χ0n) is 61.8. The van der Waals surface area contributed by atoms with Crippen molar-refractivity contribution in [2.45, 2.75) is 338 Å². The van der Waals surface area contributed by atoms with Gasteiger partial charge in [0.2, 0.25) is 35.7 Å². The normalized spacial score (nSPS) is 38.7. The van der Waals surface area contributed by atoms with Crippen LogP contribution in [-0.2, 0) is 85.6 Å². The van der Waals surface area contributed by atoms with Crippen LogP contribution in [0.25, 0.3) is 0 Å². The second kappa shape index (κ2) is 44.8. The van der Waals surface area contributed by atoms with Crippen LogP contribution >= 0.6 is 0 Å². The molecule has 0 saturated carbocycles. The van der Waals surface area contributed by atoms with Crippen molar-refractivity contribution in [1.82, 2.24) is 21.3 Å². The molecule has 35 atom stereocenters. The summed E-state index contributed by atoms with van der Waals surface area (Å²) >= 11 is 0. The molecule has 0 aromatic rings. The van der Waals surface area contributed by atoms with Gasteiger partial charge in [-0.15, -0.1) is 0 Å². The highest BCUT2D eigenvalue weighted by atomic mass is 16.8. The van der Waals surface area contributed by atoms with Crippen molar-refractivity contribution in [2.24, 2.45) is 0 Å². The van der Waals surface area contributed by atoms with E-state index < -0.39 is 302 Å². The van der Waals surface area contributed by atoms with Crippen LogP contribution in [0.15, 0.2) is 0 Å². The molecule has 6 heterocycles. The lowest BCUT2D eigenvalue weighted by molar-refractivity contribution is -0.412. The van der Waals surface area contributed by atoms with Gasteiger partial charge in [0.05, 0.1) is 82.7 Å². The smallest absolute Gasteiger partial charge is 0.217 e. The van der Waals surface area contributed by atoms with Gasteiger partial charge in [-0.3, -0.25) is 19.2 Å². The number of hydrogen-bond acceptors (Lipinski definition) is 40. The zero-order chi connectivity index (χ0) is 82.5. The second-order valence-electron chi connectivity index (χ2n) is 28.8. The Kier molecular flexibility index (Phi) is 38.5. The third-order valence-electron chi connectivity index (χ3n) is 20.4. The van der Waals surface area contributed by atoms with E-state index in [9.17, 15) is 141 Å². The average molecular weight is 1620 g/mol. The Morgan fingerprint density at radius 2 is 0.883 bits per heavy atom. The molecule has 0 aromatic carbocycles. The number of ether oxygens (including phenoxy) is 12. The summed E-state index contributed by atoms with van der Waals surface area (Å²) in [6.07, 6.45) is -53.5. The van der Waals surface area contributed by atoms with Crippen molar-refractivity contribution < 1.29 is 198 Å². The van der Waals surface area contributed by atoms with Gasteiger partial charge in [0.25, 0.3) is 0 Å². The van der Waals surface area contributed by atoms with Crippen molar-refractivity contribution in [3.8, 4) is 0 Å². The molecule has 0 radical (unpaired) electrons. The first-order valence-electron chi connectivity index (χ1n) is 37.1. The molecule has 0 aliphatic carbocycles. The van der Waals surface area contributed by atoms with Crippen molar-refractivity contribution in [1.29, 1.82) is 0 Å². The average Bonchev–Trinajstić information content (AvgIpc) is 0.729. The Labute approximate surface area is 637 Å². The number of amides is 4. The third-order valence-corrected chi connectivity index (χ3v) is 20.4. The predicted octanol–water partition coefficient (Wildman–Crippen LogP) is -14.0. The van der Waals surface area contributed by atoms with Gasteiger partial charge in [0.15, 0.2) is 25.2 Å². The number of carbonyl (C=O) groups excluding carboxylic acids is 6. The molecule has 44 nitrogen and oxygen atoms in total. The molecule has 0 spiro atoms. The number of hydrogen-bond donors (Lipinski definition) is 24. The molecule has 644 valence electrons. The number of aliphatic hydroxyl groups is 20. The Morgan fingerprint density at radius 3 is 1.35 bits per heavy atom. The zero-order valence-corrected chi connectivity index (χ0v) is 61.8. The van der Waals surface area contributed by atoms with E-state index in [1.807, 2.05) is 0 Å². The second-order valence-corrected chi connectivity index (χ2v) is 28.8. The molecule has 0 unspecified atom stereocenters. The Bertz CT molecular complexity index is 2830. The fourth-order valence-corrected chi connectivity index (χ4v) is 14.3. The molecule has 6 aliphatic rings. The lowest BCUT2D eigenvalue weighted by Crippen LogP contribution is -2.73. The summed E-state index contributed by atoms with van der Waals surface area (Å²) < 4.78 is 70.0. The maximum atomic E-state index is 13.4. The van der Waals surface area contributed by atoms with Crippen molar-refractivity contribution >= 4 is 36.1 Å². The Hall–Kier alpha value is -4.46. The number of carboxylic acid groups (broad SMARTS) is 2. The highest BCUT2D eigenvalue weighted by molar-refractivity contribution is 5.76. The minimum Gasteiger partial charge on any atom is -0.544 e. The molecule has 4 amide bonds. The van der Waals surface area contributed by atoms with Crippen LogP contribution in [0.3, 0.4) is 0 Å². The number of unbranched alkanes of at least 4 members (excludes halogenated alkanes) is 11. The van der Waals surface area contributed by atoms with Crippen molar-refractivity contribution in [3.63, 3.8) is 0 Å². The summed E-state index contributed by atoms with van der Waals surface area (Å²) in [5.41, 5.74) is 0. The number of nitrogens with one attached hydrogen (secondary N) is 4. The molecular weight excluding hydrogens is 1500 g/mol. The number of carboxylic acids is 2. The molecule has 6 aliphatic heterocycles. The monoisotopic (exact) mass is 1610 g/mol. The van der Waals surface area contributed by atoms with E-state index in [4.69, 9.17) is 56.8 Å². The fourth-order valence-electron chi connectivity index (χ4n) is 14.3. The van der Waals surface area contributed by atoms with E-state index in [0.29, 0.717) is 6.42 Å². The highest BCUT2D eigenvalue weighted by Crippen LogP contribution is 2.41. The molecule has 6 rings (SSSR count). The number of aliphatic carboxylic acids is 2. The largest absolute Gasteiger partial charge is 0.544 e. The van der Waals surface area contributed by atoms with E-state index >= 15 is 0 Å². The van der Waals surface area contributed by atoms with Gasteiger partial charge in [-0.1, -0.05) is 84.0 Å². The van der Waals surface area contributed by atoms with Crippen LogP contribution in [0.2, 0.25) is 0 Å². The Morgan fingerprint density at radius 1 is 0.477 bits per heavy atom. The molecule has 0 bridgehead atoms. The van der Waals surface area contributed by atoms with Gasteiger partial charge in [-0.2, -0.15) is 0 Å². The quantitative estimate of drug-likeness (QED) is 0.0199. The van der Waals surface area contributed by atoms with E-state index in [1.54, 1.807) is 0 Å². The number of rotatable bonds is 45. The van der Waals surface area contributed by atoms with Crippen LogP contribution in [0, 0.1) is 0 Å². The first kappa shape index (κ1) is 95.4. The summed E-state index contributed by atoms with van der Waals surface area (Å²) in [7, 11) is 0. The van der Waals surface area contributed by atoms with E-state index in [1.165, 1.54) is 38.5 Å². The predicted molar refractivity (Wildman–Crippen MR) is 358 cm³/mol. The summed E-state index contributed by atoms with van der Waals surface area (Å²) in [6.45, 7) is -3.27. The lowest BCUT2D eigenvalue weighted by Gasteiger charge is -2.53. The van der Waals surface area contributed by atoms with Gasteiger partial charge in [0.1, 0.15) is 152 Å². The minimum atomic E-state index is -3.48. The molecule has 44 heteroatoms. The molecule has 6 fully saturated rings. The fraction of sp³-hybridized carbons (Fsp3) is 0.910. The summed E-state index contributed by atoms with van der Waals surface area (Å²) in [6, 6.07) is -7.09. The lowest BCUT2D eigenvalue weighted by atomic mass is 9.88. The van der Waals surface area contributed by atoms with E-state index in [-0.39, 0.29) is 12.8 Å². The minimum absolute atomic E-state index is 0.145. The topological polar surface area (TPSA) is 712 Å². The molecule has 111 heavy (non-hydrogen) atoms. The number of carbonyl (C=O) groups is 6. The summed E-state index contributed by atoms with van der Waals surface area (Å²) in [4.78, 5) is 76.2. The SMILES string of the molecule is CCCCCCCCCCCCCC[C@@H](O)[C@@H](O)[C@H](CO[C@@H]1O[C@H](CO)[C@@H](O[C@@H]2O[C@H](CO)[C@H](O[C@@H]3O[C@H](CO[C@]4(C(=O)[O-])C[C@H](O)[C@@H](NC(C)=O)[C@H]([C@H](O)[C@H](O)CO)O4)[C@H](O)[C@H](O[C@@H]4O[C@H](CO)[C@H](O)[C@H](O[C@]5(C(=O)[O-])C[C@H](O)[C@@H](NC(C)=O)[C@H]([C@H](O)[C@H](O)CO)O5)[C@H]4O)[C@H]3NC(C)=O)[C@H](O)[C@H]2O)[C@H](O)[C@H]1O)NC=O. The Balaban J connectivity index is 1.28. The van der Waals surface area contributed by atoms with Crippen LogP contribution in [0.5, 0.6) is 0 Å². The van der Waals surface area contributed by atoms with Gasteiger partial charge in [-0.25, -0.2) is 0 Å². The molecule has 24 N–H and O–H groups in total. The number of aliphatic hydroxyl groups excluding tert-OH is 20. The van der Waals surface area contributed by atoms with Crippen LogP contribution < -0.4 is 31.5 Å². The standard InChI is InChI=1S/C67H116N4O40/c1-5-6-7-8-9-10-11-12-13-14-15-16-17-32(81)44(86)31(68-27-77)25-100-61-51(93)49(91)55(38(23-75)103-61)107-62-52(94)50(92)54(39(24-76)104-62)106-60-43(71-30(4)80)56(48(90)40(105-60)26-101-66(64(96)97)18-33(82)41(69-28(2)78)57(109-66)45(87)35(84)20-72)108-63-53(95)59(47(89)37(22-74)102-63)111-67(65(98)99)19-34(83)42(70-29(3)79)58(110-67)46(88)36(85)21-73/h27,31-63,72-76,81-95H,5-26H2,1-4H3,(H,68,77)(H,69,78)(H,70,79)(H,71,80)(H,96,97)(H,98,99)/p-2/t31-,32+,33-,34-,35+,36+,37+,38+,39+,40+,41+,42+,43+,44-,45+,46+,47-,48-,49+,50+,51+,52+,53+,54-,55+,56+,57+,58+,59-,60-,61+,62-,63-,66+,67-/m0/s1. The van der Waals surface area contributed by atoms with Gasteiger partial charge in [-0.05, 0) is 6.42 Å². The third kappa shape index (κ3) is 24.6. The summed E-state index contributed by atoms with van der Waals surface area (Å²) in [5, 5.41) is 258. The van der Waals surface area contributed by atoms with E-state index in [0.717, 1.165) is 52.9 Å². The van der Waals surface area contributed by atoms with Crippen molar-refractivity contribution in [3.05, 3.63) is 0 Å². The molecule has 6 saturated heterocycles. The van der Waals surface area contributed by atoms with Gasteiger partial charge < -0.3 is 200 Å². The highest BCUT2D eigenvalue weighted by Gasteiger charge is 2.61. The van der Waals surface area contributed by atoms with Gasteiger partial charge in [0, 0.05) is 33.6 Å². The van der Waals surface area contributed by atoms with Crippen LogP contribution in [0.1, 0.15) is 124 Å². The first-order chi connectivity index (χ1) is 52.5. The molecule has 0 aromatic heterocycles. The maximum absolute atomic E-state index is 13.4. The molecular formula is C67H114N4O40-2. The van der Waals surface area contributed by atoms with Crippen molar-refractivity contribution in [2.75, 3.05) is 46.2 Å². The van der Waals surface area contributed by atoms with E-state index in [2.05, 4.69) is 28.2 Å². The van der Waals surface area contributed by atoms with Crippen LogP contribution in [0.4, 0.5) is 0 Å². The summed E-state index contributed by atoms with van der Waals surface area (Å²) in [5.74, 6) is -14.5. The first-order valence-corrected chi connectivity index (χ1v) is 37.1. The van der Waals surface area contributed by atoms with Gasteiger partial charge >= 0.3 is 0 Å².